The van der Waals surface area contributed by atoms with Crippen molar-refractivity contribution in [1.82, 2.24) is 10.9 Å². The molecule has 30 heavy (non-hydrogen) atoms. The standard InChI is InChI=1S/C22H26BrN3O4/c1-4-5-20(27)24-17-9-6-15(7-10-17)21(28)25-26-22(29)18-12-16(23)8-11-19(18)30-13-14(2)3/h6-12,14H,4-5,13H2,1-3H3,(H,24,27)(H,25,28)(H,26,29). The van der Waals surface area contributed by atoms with E-state index in [1.54, 1.807) is 42.5 Å². The first-order valence-electron chi connectivity index (χ1n) is 9.73. The normalized spacial score (nSPS) is 10.4. The highest BCUT2D eigenvalue weighted by atomic mass is 79.9. The van der Waals surface area contributed by atoms with Gasteiger partial charge in [-0.3, -0.25) is 25.2 Å². The lowest BCUT2D eigenvalue weighted by atomic mass is 10.2. The summed E-state index contributed by atoms with van der Waals surface area (Å²) in [7, 11) is 0. The quantitative estimate of drug-likeness (QED) is 0.495. The molecule has 0 aliphatic heterocycles. The summed E-state index contributed by atoms with van der Waals surface area (Å²) < 4.78 is 6.42. The number of nitrogens with one attached hydrogen (secondary N) is 3. The summed E-state index contributed by atoms with van der Waals surface area (Å²) in [6, 6.07) is 11.5. The predicted octanol–water partition coefficient (Wildman–Crippen LogP) is 4.30. The van der Waals surface area contributed by atoms with E-state index in [9.17, 15) is 14.4 Å². The Bertz CT molecular complexity index is 898. The molecule has 0 heterocycles. The van der Waals surface area contributed by atoms with Gasteiger partial charge in [-0.15, -0.1) is 0 Å². The van der Waals surface area contributed by atoms with Crippen LogP contribution in [0, 0.1) is 5.92 Å². The van der Waals surface area contributed by atoms with Crippen LogP contribution in [0.4, 0.5) is 5.69 Å². The van der Waals surface area contributed by atoms with E-state index in [-0.39, 0.29) is 5.91 Å². The zero-order valence-electron chi connectivity index (χ0n) is 17.3. The number of hydrazine groups is 1. The lowest BCUT2D eigenvalue weighted by Crippen LogP contribution is -2.41. The van der Waals surface area contributed by atoms with E-state index < -0.39 is 11.8 Å². The van der Waals surface area contributed by atoms with Gasteiger partial charge in [0.15, 0.2) is 0 Å². The molecule has 0 atom stereocenters. The van der Waals surface area contributed by atoms with E-state index in [2.05, 4.69) is 32.1 Å². The molecule has 0 saturated carbocycles. The Kier molecular flexibility index (Phi) is 8.86. The monoisotopic (exact) mass is 475 g/mol. The molecule has 0 spiro atoms. The Balaban J connectivity index is 1.98. The van der Waals surface area contributed by atoms with Gasteiger partial charge < -0.3 is 10.1 Å². The zero-order valence-corrected chi connectivity index (χ0v) is 18.8. The number of carbonyl (C=O) groups excluding carboxylic acids is 3. The maximum absolute atomic E-state index is 12.6. The molecule has 8 heteroatoms. The Labute approximate surface area is 184 Å². The molecule has 0 fully saturated rings. The number of halogens is 1. The molecule has 0 unspecified atom stereocenters. The van der Waals surface area contributed by atoms with Gasteiger partial charge in [-0.1, -0.05) is 36.7 Å². The minimum atomic E-state index is -0.494. The lowest BCUT2D eigenvalue weighted by molar-refractivity contribution is -0.116. The van der Waals surface area contributed by atoms with Crippen LogP contribution in [0.25, 0.3) is 0 Å². The number of amides is 3. The summed E-state index contributed by atoms with van der Waals surface area (Å²) in [4.78, 5) is 36.5. The molecular formula is C22H26BrN3O4. The number of carbonyl (C=O) groups is 3. The van der Waals surface area contributed by atoms with Gasteiger partial charge in [0.1, 0.15) is 5.75 Å². The van der Waals surface area contributed by atoms with Gasteiger partial charge >= 0.3 is 0 Å². The van der Waals surface area contributed by atoms with Gasteiger partial charge in [0, 0.05) is 22.1 Å². The van der Waals surface area contributed by atoms with Crippen molar-refractivity contribution in [3.05, 3.63) is 58.1 Å². The largest absolute Gasteiger partial charge is 0.492 e. The van der Waals surface area contributed by atoms with Crippen LogP contribution in [-0.2, 0) is 4.79 Å². The minimum absolute atomic E-state index is 0.0773. The van der Waals surface area contributed by atoms with Crippen LogP contribution in [0.3, 0.4) is 0 Å². The highest BCUT2D eigenvalue weighted by Crippen LogP contribution is 2.23. The molecule has 0 radical (unpaired) electrons. The summed E-state index contributed by atoms with van der Waals surface area (Å²) in [6.07, 6.45) is 1.20. The van der Waals surface area contributed by atoms with E-state index in [1.165, 1.54) is 0 Å². The predicted molar refractivity (Wildman–Crippen MR) is 119 cm³/mol. The molecule has 160 valence electrons. The van der Waals surface area contributed by atoms with Crippen molar-refractivity contribution in [2.75, 3.05) is 11.9 Å². The van der Waals surface area contributed by atoms with Crippen molar-refractivity contribution in [2.24, 2.45) is 5.92 Å². The van der Waals surface area contributed by atoms with Crippen molar-refractivity contribution in [1.29, 1.82) is 0 Å². The second kappa shape index (κ2) is 11.3. The third-order valence-electron chi connectivity index (χ3n) is 3.96. The number of hydrogen-bond acceptors (Lipinski definition) is 4. The summed E-state index contributed by atoms with van der Waals surface area (Å²) in [5.41, 5.74) is 6.05. The second-order valence-electron chi connectivity index (χ2n) is 7.13. The third kappa shape index (κ3) is 7.18. The van der Waals surface area contributed by atoms with E-state index in [1.807, 2.05) is 20.8 Å². The van der Waals surface area contributed by atoms with Crippen LogP contribution < -0.4 is 20.9 Å². The first-order valence-corrected chi connectivity index (χ1v) is 10.5. The first-order chi connectivity index (χ1) is 14.3. The van der Waals surface area contributed by atoms with Crippen LogP contribution >= 0.6 is 15.9 Å². The zero-order chi connectivity index (χ0) is 22.1. The average Bonchev–Trinajstić information content (AvgIpc) is 2.71. The van der Waals surface area contributed by atoms with Crippen LogP contribution in [0.1, 0.15) is 54.3 Å². The molecule has 0 saturated heterocycles. The van der Waals surface area contributed by atoms with Crippen molar-refractivity contribution in [3.63, 3.8) is 0 Å². The van der Waals surface area contributed by atoms with Gasteiger partial charge in [-0.25, -0.2) is 0 Å². The molecular weight excluding hydrogens is 450 g/mol. The van der Waals surface area contributed by atoms with Crippen LogP contribution in [0.5, 0.6) is 5.75 Å². The maximum atomic E-state index is 12.6. The van der Waals surface area contributed by atoms with Crippen LogP contribution in [0.2, 0.25) is 0 Å². The summed E-state index contributed by atoms with van der Waals surface area (Å²) in [5.74, 6) is -0.308. The summed E-state index contributed by atoms with van der Waals surface area (Å²) in [5, 5.41) is 2.75. The molecule has 2 aromatic rings. The molecule has 0 aliphatic rings. The minimum Gasteiger partial charge on any atom is -0.492 e. The van der Waals surface area contributed by atoms with Crippen molar-refractivity contribution in [2.45, 2.75) is 33.6 Å². The highest BCUT2D eigenvalue weighted by Gasteiger charge is 2.15. The van der Waals surface area contributed by atoms with Crippen LogP contribution in [-0.4, -0.2) is 24.3 Å². The molecule has 2 aromatic carbocycles. The Hall–Kier alpha value is -2.87. The van der Waals surface area contributed by atoms with Crippen LogP contribution in [0.15, 0.2) is 46.9 Å². The molecule has 3 amide bonds. The first kappa shape index (κ1) is 23.4. The molecule has 0 aliphatic carbocycles. The summed E-state index contributed by atoms with van der Waals surface area (Å²) in [6.45, 7) is 6.42. The number of benzene rings is 2. The smallest absolute Gasteiger partial charge is 0.273 e. The van der Waals surface area contributed by atoms with Gasteiger partial charge in [0.25, 0.3) is 11.8 Å². The van der Waals surface area contributed by atoms with Gasteiger partial charge in [0.05, 0.1) is 12.2 Å². The lowest BCUT2D eigenvalue weighted by Gasteiger charge is -2.14. The van der Waals surface area contributed by atoms with E-state index >= 15 is 0 Å². The second-order valence-corrected chi connectivity index (χ2v) is 8.04. The average molecular weight is 476 g/mol. The van der Waals surface area contributed by atoms with Gasteiger partial charge in [-0.2, -0.15) is 0 Å². The molecule has 3 N–H and O–H groups in total. The number of hydrogen-bond donors (Lipinski definition) is 3. The van der Waals surface area contributed by atoms with Crippen molar-refractivity contribution >= 4 is 39.3 Å². The van der Waals surface area contributed by atoms with E-state index in [0.717, 1.165) is 10.9 Å². The Morgan fingerprint density at radius 1 is 1.00 bits per heavy atom. The SMILES string of the molecule is CCCC(=O)Nc1ccc(C(=O)NNC(=O)c2cc(Br)ccc2OCC(C)C)cc1. The Morgan fingerprint density at radius 3 is 2.30 bits per heavy atom. The fourth-order valence-corrected chi connectivity index (χ4v) is 2.83. The van der Waals surface area contributed by atoms with Crippen molar-refractivity contribution in [3.8, 4) is 5.75 Å². The third-order valence-corrected chi connectivity index (χ3v) is 4.45. The molecule has 0 bridgehead atoms. The fraction of sp³-hybridized carbons (Fsp3) is 0.318. The Morgan fingerprint density at radius 2 is 1.67 bits per heavy atom. The molecule has 2 rings (SSSR count). The van der Waals surface area contributed by atoms with Gasteiger partial charge in [0.2, 0.25) is 5.91 Å². The fourth-order valence-electron chi connectivity index (χ4n) is 2.47. The number of ether oxygens (including phenoxy) is 1. The number of rotatable bonds is 8. The maximum Gasteiger partial charge on any atom is 0.273 e. The van der Waals surface area contributed by atoms with E-state index in [0.29, 0.717) is 41.5 Å². The molecule has 7 nitrogen and oxygen atoms in total. The summed E-state index contributed by atoms with van der Waals surface area (Å²) >= 11 is 3.34. The van der Waals surface area contributed by atoms with E-state index in [4.69, 9.17) is 4.74 Å². The topological polar surface area (TPSA) is 96.5 Å². The number of anilines is 1. The highest BCUT2D eigenvalue weighted by molar-refractivity contribution is 9.10. The molecule has 0 aromatic heterocycles. The van der Waals surface area contributed by atoms with Gasteiger partial charge in [-0.05, 0) is 54.8 Å². The van der Waals surface area contributed by atoms with Crippen molar-refractivity contribution < 1.29 is 19.1 Å².